The summed E-state index contributed by atoms with van der Waals surface area (Å²) in [5.41, 5.74) is 4.29. The van der Waals surface area contributed by atoms with Crippen molar-refractivity contribution in [2.75, 3.05) is 104 Å². The standard InChI is InChI=1S/C22H33N3O5S.C17H27N3O3S/c1-22(7-8-22)30-21(26)24-13-11-23(12-14-24)9-3-15-29-20-5-4-19-17-25(31(2,27)28)10-6-18(19)16-20;1-24(21,22)20-9-5-15-13-17(4-3-16(15)14-20)23-12-2-8-19-10-6-18-7-11-19/h4-5,16H,3,6-15,17H2,1-2H3;3-4,13,18H,2,5-12,14H2,1H3. The molecule has 0 radical (unpaired) electrons. The molecule has 0 unspecified atom stereocenters. The Morgan fingerprint density at radius 2 is 1.15 bits per heavy atom. The lowest BCUT2D eigenvalue weighted by Crippen LogP contribution is -2.49. The van der Waals surface area contributed by atoms with Crippen LogP contribution in [0.2, 0.25) is 0 Å². The van der Waals surface area contributed by atoms with Crippen molar-refractivity contribution in [1.29, 1.82) is 0 Å². The Labute approximate surface area is 328 Å². The van der Waals surface area contributed by atoms with E-state index in [4.69, 9.17) is 14.2 Å². The molecule has 1 N–H and O–H groups in total. The zero-order chi connectivity index (χ0) is 39.1. The second-order valence-electron chi connectivity index (χ2n) is 15.7. The quantitative estimate of drug-likeness (QED) is 0.299. The van der Waals surface area contributed by atoms with Crippen molar-refractivity contribution in [3.05, 3.63) is 58.7 Å². The lowest BCUT2D eigenvalue weighted by atomic mass is 10.0. The zero-order valence-electron chi connectivity index (χ0n) is 32.8. The molecule has 0 spiro atoms. The van der Waals surface area contributed by atoms with E-state index in [9.17, 15) is 21.6 Å². The first kappa shape index (κ1) is 41.6. The third kappa shape index (κ3) is 12.5. The molecule has 0 bridgehead atoms. The highest BCUT2D eigenvalue weighted by atomic mass is 32.2. The normalized spacial score (nSPS) is 20.7. The van der Waals surface area contributed by atoms with Crippen LogP contribution in [0.25, 0.3) is 0 Å². The molecule has 0 aromatic heterocycles. The second-order valence-corrected chi connectivity index (χ2v) is 19.7. The van der Waals surface area contributed by atoms with Crippen molar-refractivity contribution in [3.63, 3.8) is 0 Å². The summed E-state index contributed by atoms with van der Waals surface area (Å²) in [5.74, 6) is 1.73. The molecule has 0 atom stereocenters. The molecule has 1 saturated carbocycles. The second kappa shape index (κ2) is 18.5. The van der Waals surface area contributed by atoms with Gasteiger partial charge >= 0.3 is 6.09 Å². The van der Waals surface area contributed by atoms with Gasteiger partial charge in [0, 0.05) is 91.6 Å². The SMILES string of the molecule is CC1(OC(=O)N2CCN(CCCOc3ccc4c(c3)CCN(S(C)(=O)=O)C4)CC2)CC1.CS(=O)(=O)N1CCc2cc(OCCCN3CCNCC3)ccc2C1. The van der Waals surface area contributed by atoms with Gasteiger partial charge in [0.15, 0.2) is 0 Å². The number of carbonyl (C=O) groups excluding carboxylic acids is 1. The van der Waals surface area contributed by atoms with Crippen molar-refractivity contribution in [3.8, 4) is 11.5 Å². The number of benzene rings is 2. The van der Waals surface area contributed by atoms with Crippen molar-refractivity contribution < 1.29 is 35.8 Å². The van der Waals surface area contributed by atoms with Crippen LogP contribution in [-0.4, -0.2) is 156 Å². The van der Waals surface area contributed by atoms with Crippen molar-refractivity contribution >= 4 is 26.1 Å². The van der Waals surface area contributed by atoms with Gasteiger partial charge in [0.25, 0.3) is 0 Å². The Bertz CT molecular complexity index is 1830. The average Bonchev–Trinajstić information content (AvgIpc) is 3.90. The molecule has 55 heavy (non-hydrogen) atoms. The monoisotopic (exact) mass is 804 g/mol. The minimum absolute atomic E-state index is 0.171. The average molecular weight is 805 g/mol. The predicted molar refractivity (Wildman–Crippen MR) is 212 cm³/mol. The van der Waals surface area contributed by atoms with Gasteiger partial charge in [-0.15, -0.1) is 0 Å². The molecule has 4 aliphatic heterocycles. The molecule has 3 fully saturated rings. The van der Waals surface area contributed by atoms with Crippen molar-refractivity contribution in [2.45, 2.75) is 64.1 Å². The summed E-state index contributed by atoms with van der Waals surface area (Å²) in [6, 6.07) is 12.0. The summed E-state index contributed by atoms with van der Waals surface area (Å²) in [7, 11) is -6.27. The zero-order valence-corrected chi connectivity index (χ0v) is 34.5. The third-order valence-electron chi connectivity index (χ3n) is 11.2. The van der Waals surface area contributed by atoms with Gasteiger partial charge in [0.1, 0.15) is 17.1 Å². The van der Waals surface area contributed by atoms with Crippen LogP contribution >= 0.6 is 0 Å². The smallest absolute Gasteiger partial charge is 0.410 e. The number of nitrogens with zero attached hydrogens (tertiary/aromatic N) is 5. The molecular formula is C39H60N6O8S2. The van der Waals surface area contributed by atoms with Gasteiger partial charge in [-0.1, -0.05) is 12.1 Å². The number of hydrogen-bond donors (Lipinski definition) is 1. The van der Waals surface area contributed by atoms with E-state index in [1.807, 2.05) is 42.2 Å². The van der Waals surface area contributed by atoms with Crippen LogP contribution in [0, 0.1) is 0 Å². The van der Waals surface area contributed by atoms with E-state index in [0.29, 0.717) is 52.3 Å². The topological polar surface area (TPSA) is 141 Å². The van der Waals surface area contributed by atoms with Crippen molar-refractivity contribution in [2.24, 2.45) is 0 Å². The number of hydrogen-bond acceptors (Lipinski definition) is 11. The number of sulfonamides is 2. The highest BCUT2D eigenvalue weighted by Crippen LogP contribution is 2.39. The Kier molecular flexibility index (Phi) is 14.0. The van der Waals surface area contributed by atoms with Crippen molar-refractivity contribution in [1.82, 2.24) is 28.6 Å². The van der Waals surface area contributed by atoms with Crippen LogP contribution < -0.4 is 14.8 Å². The lowest BCUT2D eigenvalue weighted by Gasteiger charge is -2.34. The van der Waals surface area contributed by atoms with Crippen LogP contribution in [0.1, 0.15) is 54.9 Å². The molecule has 16 heteroatoms. The molecule has 2 aromatic carbocycles. The molecule has 2 saturated heterocycles. The van der Waals surface area contributed by atoms with Gasteiger partial charge in [-0.2, -0.15) is 8.61 Å². The van der Waals surface area contributed by atoms with Crippen LogP contribution in [0.5, 0.6) is 11.5 Å². The minimum atomic E-state index is -3.15. The highest BCUT2D eigenvalue weighted by Gasteiger charge is 2.43. The number of fused-ring (bicyclic) bond motifs is 2. The lowest BCUT2D eigenvalue weighted by molar-refractivity contribution is 0.0419. The first-order valence-corrected chi connectivity index (χ1v) is 23.5. The molecule has 7 rings (SSSR count). The summed E-state index contributed by atoms with van der Waals surface area (Å²) in [4.78, 5) is 18.8. The Balaban J connectivity index is 0.000000193. The Morgan fingerprint density at radius 1 is 0.673 bits per heavy atom. The molecule has 14 nitrogen and oxygen atoms in total. The van der Waals surface area contributed by atoms with E-state index in [0.717, 1.165) is 114 Å². The summed E-state index contributed by atoms with van der Waals surface area (Å²) in [6.45, 7) is 14.9. The number of piperazine rings is 2. The fraction of sp³-hybridized carbons (Fsp3) is 0.667. The number of rotatable bonds is 13. The van der Waals surface area contributed by atoms with E-state index in [1.54, 1.807) is 0 Å². The molecule has 2 aromatic rings. The maximum Gasteiger partial charge on any atom is 0.410 e. The number of amides is 1. The van der Waals surface area contributed by atoms with Gasteiger partial charge in [0.05, 0.1) is 25.7 Å². The summed E-state index contributed by atoms with van der Waals surface area (Å²) >= 11 is 0. The van der Waals surface area contributed by atoms with E-state index in [-0.39, 0.29) is 11.7 Å². The van der Waals surface area contributed by atoms with Gasteiger partial charge in [-0.25, -0.2) is 21.6 Å². The molecule has 5 aliphatic rings. The number of ether oxygens (including phenoxy) is 3. The fourth-order valence-corrected chi connectivity index (χ4v) is 8.94. The van der Waals surface area contributed by atoms with Crippen LogP contribution in [0.4, 0.5) is 4.79 Å². The first-order chi connectivity index (χ1) is 26.2. The predicted octanol–water partition coefficient (Wildman–Crippen LogP) is 2.76. The molecule has 306 valence electrons. The highest BCUT2D eigenvalue weighted by molar-refractivity contribution is 7.88. The van der Waals surface area contributed by atoms with E-state index < -0.39 is 20.0 Å². The van der Waals surface area contributed by atoms with Crippen LogP contribution in [-0.2, 0) is 50.7 Å². The summed E-state index contributed by atoms with van der Waals surface area (Å²) in [6.07, 6.45) is 7.72. The number of nitrogens with one attached hydrogen (secondary N) is 1. The van der Waals surface area contributed by atoms with Gasteiger partial charge in [-0.05, 0) is 92.0 Å². The minimum Gasteiger partial charge on any atom is -0.494 e. The fourth-order valence-electron chi connectivity index (χ4n) is 7.35. The van der Waals surface area contributed by atoms with Crippen LogP contribution in [0.3, 0.4) is 0 Å². The Morgan fingerprint density at radius 3 is 1.60 bits per heavy atom. The van der Waals surface area contributed by atoms with Gasteiger partial charge in [0.2, 0.25) is 20.0 Å². The van der Waals surface area contributed by atoms with Gasteiger partial charge < -0.3 is 29.3 Å². The summed E-state index contributed by atoms with van der Waals surface area (Å²) < 4.78 is 67.2. The number of carbonyl (C=O) groups is 1. The summed E-state index contributed by atoms with van der Waals surface area (Å²) in [5, 5.41) is 3.36. The largest absolute Gasteiger partial charge is 0.494 e. The molecule has 4 heterocycles. The van der Waals surface area contributed by atoms with E-state index >= 15 is 0 Å². The Hall–Kier alpha value is -2.99. The maximum absolute atomic E-state index is 12.2. The maximum atomic E-state index is 12.2. The molecule has 1 aliphatic carbocycles. The van der Waals surface area contributed by atoms with E-state index in [1.165, 1.54) is 32.2 Å². The first-order valence-electron chi connectivity index (χ1n) is 19.8. The van der Waals surface area contributed by atoms with Gasteiger partial charge in [-0.3, -0.25) is 4.90 Å². The van der Waals surface area contributed by atoms with E-state index in [2.05, 4.69) is 21.2 Å². The molecule has 1 amide bonds. The molecular weight excluding hydrogens is 745 g/mol. The van der Waals surface area contributed by atoms with Crippen LogP contribution in [0.15, 0.2) is 36.4 Å². The third-order valence-corrected chi connectivity index (χ3v) is 13.7.